The highest BCUT2D eigenvalue weighted by molar-refractivity contribution is 6.10. The number of guanidine groups is 2. The molecule has 0 amide bonds. The van der Waals surface area contributed by atoms with E-state index in [0.29, 0.717) is 25.0 Å². The lowest BCUT2D eigenvalue weighted by atomic mass is 9.87. The lowest BCUT2D eigenvalue weighted by molar-refractivity contribution is 0.305. The van der Waals surface area contributed by atoms with E-state index in [2.05, 4.69) is 9.98 Å². The highest BCUT2D eigenvalue weighted by atomic mass is 16.5. The van der Waals surface area contributed by atoms with E-state index in [9.17, 15) is 0 Å². The van der Waals surface area contributed by atoms with Gasteiger partial charge in [-0.15, -0.1) is 0 Å². The predicted molar refractivity (Wildman–Crippen MR) is 95.3 cm³/mol. The maximum atomic E-state index is 6.31. The van der Waals surface area contributed by atoms with Crippen molar-refractivity contribution in [3.05, 3.63) is 29.8 Å². The van der Waals surface area contributed by atoms with Crippen molar-refractivity contribution in [1.82, 2.24) is 0 Å². The van der Waals surface area contributed by atoms with Crippen LogP contribution in [-0.4, -0.2) is 36.6 Å². The molecule has 1 spiro atoms. The number of nitrogens with two attached hydrogens (primary N) is 2. The maximum absolute atomic E-state index is 6.31. The number of para-hydroxylation sites is 1. The summed E-state index contributed by atoms with van der Waals surface area (Å²) < 4.78 is 5.68. The zero-order chi connectivity index (χ0) is 16.6. The number of hydrogen-bond donors (Lipinski definition) is 2. The molecule has 0 aromatic heterocycles. The van der Waals surface area contributed by atoms with Crippen molar-refractivity contribution in [3.8, 4) is 0 Å². The van der Waals surface area contributed by atoms with Crippen molar-refractivity contribution in [2.24, 2.45) is 26.4 Å². The standard InChI is InChI=1S/C17H22N6O/c18-15-21-16(19)23(17(22-15)8-4-1-5-9-17)13-7-3-2-6-12(13)14-20-10-11-24-14/h2-3,6-7H,1,4-5,8-11H2,(H4,18,19,21,22). The van der Waals surface area contributed by atoms with Crippen LogP contribution in [0.3, 0.4) is 0 Å². The molecule has 3 aliphatic rings. The van der Waals surface area contributed by atoms with E-state index in [0.717, 1.165) is 36.9 Å². The second-order valence-corrected chi connectivity index (χ2v) is 6.37. The summed E-state index contributed by atoms with van der Waals surface area (Å²) in [6.45, 7) is 1.30. The Balaban J connectivity index is 1.83. The van der Waals surface area contributed by atoms with Crippen LogP contribution >= 0.6 is 0 Å². The Labute approximate surface area is 141 Å². The zero-order valence-electron chi connectivity index (χ0n) is 13.6. The summed E-state index contributed by atoms with van der Waals surface area (Å²) in [6.07, 6.45) is 5.22. The maximum Gasteiger partial charge on any atom is 0.220 e. The molecule has 1 aliphatic carbocycles. The summed E-state index contributed by atoms with van der Waals surface area (Å²) in [4.78, 5) is 15.4. The molecule has 4 N–H and O–H groups in total. The van der Waals surface area contributed by atoms with E-state index in [1.54, 1.807) is 0 Å². The second kappa shape index (κ2) is 5.81. The minimum Gasteiger partial charge on any atom is -0.475 e. The van der Waals surface area contributed by atoms with Gasteiger partial charge in [-0.2, -0.15) is 4.99 Å². The number of rotatable bonds is 2. The molecular formula is C17H22N6O. The van der Waals surface area contributed by atoms with Crippen molar-refractivity contribution in [2.45, 2.75) is 37.8 Å². The average molecular weight is 326 g/mol. The number of nitrogens with zero attached hydrogens (tertiary/aromatic N) is 4. The summed E-state index contributed by atoms with van der Waals surface area (Å²) in [5.74, 6) is 1.31. The molecular weight excluding hydrogens is 304 g/mol. The van der Waals surface area contributed by atoms with Gasteiger partial charge in [0, 0.05) is 0 Å². The number of hydrogen-bond acceptors (Lipinski definition) is 7. The van der Waals surface area contributed by atoms with Gasteiger partial charge in [0.1, 0.15) is 12.3 Å². The van der Waals surface area contributed by atoms with E-state index < -0.39 is 5.66 Å². The molecule has 7 heteroatoms. The van der Waals surface area contributed by atoms with Gasteiger partial charge >= 0.3 is 0 Å². The van der Waals surface area contributed by atoms with E-state index >= 15 is 0 Å². The molecule has 2 heterocycles. The highest BCUT2D eigenvalue weighted by Crippen LogP contribution is 2.40. The first-order valence-electron chi connectivity index (χ1n) is 8.46. The molecule has 1 aromatic carbocycles. The minimum atomic E-state index is -0.455. The molecule has 7 nitrogen and oxygen atoms in total. The predicted octanol–water partition coefficient (Wildman–Crippen LogP) is 1.57. The third-order valence-electron chi connectivity index (χ3n) is 4.81. The molecule has 2 aliphatic heterocycles. The smallest absolute Gasteiger partial charge is 0.220 e. The molecule has 4 rings (SSSR count). The Morgan fingerprint density at radius 2 is 1.88 bits per heavy atom. The van der Waals surface area contributed by atoms with Gasteiger partial charge in [-0.1, -0.05) is 18.6 Å². The molecule has 0 unspecified atom stereocenters. The first-order valence-corrected chi connectivity index (χ1v) is 8.46. The zero-order valence-corrected chi connectivity index (χ0v) is 13.6. The molecule has 0 atom stereocenters. The van der Waals surface area contributed by atoms with Crippen molar-refractivity contribution in [2.75, 3.05) is 18.1 Å². The fourth-order valence-corrected chi connectivity index (χ4v) is 3.82. The van der Waals surface area contributed by atoms with E-state index in [-0.39, 0.29) is 5.96 Å². The summed E-state index contributed by atoms with van der Waals surface area (Å²) in [7, 11) is 0. The third kappa shape index (κ3) is 2.40. The van der Waals surface area contributed by atoms with Crippen molar-refractivity contribution in [1.29, 1.82) is 0 Å². The first-order chi connectivity index (χ1) is 11.7. The van der Waals surface area contributed by atoms with E-state index in [4.69, 9.17) is 21.2 Å². The fourth-order valence-electron chi connectivity index (χ4n) is 3.82. The Morgan fingerprint density at radius 3 is 2.62 bits per heavy atom. The van der Waals surface area contributed by atoms with Crippen LogP contribution in [0.25, 0.3) is 0 Å². The van der Waals surface area contributed by atoms with E-state index in [1.165, 1.54) is 6.42 Å². The Kier molecular flexibility index (Phi) is 3.63. The number of anilines is 1. The second-order valence-electron chi connectivity index (χ2n) is 6.37. The molecule has 1 aromatic rings. The summed E-state index contributed by atoms with van der Waals surface area (Å²) in [5.41, 5.74) is 13.6. The van der Waals surface area contributed by atoms with Gasteiger partial charge < -0.3 is 16.2 Å². The van der Waals surface area contributed by atoms with Gasteiger partial charge in [-0.05, 0) is 37.8 Å². The van der Waals surface area contributed by atoms with Crippen LogP contribution in [0.1, 0.15) is 37.7 Å². The summed E-state index contributed by atoms with van der Waals surface area (Å²) >= 11 is 0. The Morgan fingerprint density at radius 1 is 1.08 bits per heavy atom. The van der Waals surface area contributed by atoms with Crippen LogP contribution in [0.4, 0.5) is 5.69 Å². The van der Waals surface area contributed by atoms with E-state index in [1.807, 2.05) is 29.2 Å². The van der Waals surface area contributed by atoms with Gasteiger partial charge in [0.2, 0.25) is 17.8 Å². The van der Waals surface area contributed by atoms with Crippen LogP contribution in [0, 0.1) is 0 Å². The molecule has 0 bridgehead atoms. The van der Waals surface area contributed by atoms with Crippen LogP contribution in [-0.2, 0) is 4.74 Å². The van der Waals surface area contributed by atoms with Crippen LogP contribution in [0.15, 0.2) is 39.2 Å². The van der Waals surface area contributed by atoms with Crippen molar-refractivity contribution < 1.29 is 4.74 Å². The summed E-state index contributed by atoms with van der Waals surface area (Å²) in [5, 5.41) is 0. The van der Waals surface area contributed by atoms with Gasteiger partial charge in [0.15, 0.2) is 0 Å². The lowest BCUT2D eigenvalue weighted by Crippen LogP contribution is -2.58. The van der Waals surface area contributed by atoms with Crippen LogP contribution < -0.4 is 16.4 Å². The topological polar surface area (TPSA) is 102 Å². The van der Waals surface area contributed by atoms with Gasteiger partial charge in [0.25, 0.3) is 0 Å². The Hall–Kier alpha value is -2.57. The molecule has 0 radical (unpaired) electrons. The fraction of sp³-hybridized carbons (Fsp3) is 0.471. The average Bonchev–Trinajstić information content (AvgIpc) is 3.09. The monoisotopic (exact) mass is 326 g/mol. The van der Waals surface area contributed by atoms with Gasteiger partial charge in [-0.3, -0.25) is 4.90 Å². The minimum absolute atomic E-state index is 0.262. The molecule has 0 saturated heterocycles. The molecule has 24 heavy (non-hydrogen) atoms. The van der Waals surface area contributed by atoms with Crippen LogP contribution in [0.2, 0.25) is 0 Å². The summed E-state index contributed by atoms with van der Waals surface area (Å²) in [6, 6.07) is 7.99. The first kappa shape index (κ1) is 15.0. The lowest BCUT2D eigenvalue weighted by Gasteiger charge is -2.46. The SMILES string of the molecule is NC1=NC2(CCCCC2)N(c2ccccc2C2=NCCO2)C(N)=N1. The molecule has 1 saturated carbocycles. The number of ether oxygens (including phenoxy) is 1. The molecule has 1 fully saturated rings. The highest BCUT2D eigenvalue weighted by Gasteiger charge is 2.43. The van der Waals surface area contributed by atoms with Crippen molar-refractivity contribution >= 4 is 23.5 Å². The van der Waals surface area contributed by atoms with Gasteiger partial charge in [0.05, 0.1) is 17.8 Å². The normalized spacial score (nSPS) is 22.7. The quantitative estimate of drug-likeness (QED) is 0.861. The third-order valence-corrected chi connectivity index (χ3v) is 4.81. The number of aliphatic imine (C=N–C) groups is 3. The Bertz CT molecular complexity index is 732. The number of benzene rings is 1. The van der Waals surface area contributed by atoms with Crippen LogP contribution in [0.5, 0.6) is 0 Å². The van der Waals surface area contributed by atoms with Gasteiger partial charge in [-0.25, -0.2) is 9.98 Å². The molecule has 126 valence electrons. The van der Waals surface area contributed by atoms with Crippen molar-refractivity contribution in [3.63, 3.8) is 0 Å². The largest absolute Gasteiger partial charge is 0.475 e.